The van der Waals surface area contributed by atoms with Gasteiger partial charge in [0.05, 0.1) is 17.4 Å². The van der Waals surface area contributed by atoms with Crippen molar-refractivity contribution in [1.29, 1.82) is 0 Å². The highest BCUT2D eigenvalue weighted by Gasteiger charge is 2.36. The predicted octanol–water partition coefficient (Wildman–Crippen LogP) is 1.74. The minimum atomic E-state index is -0.855. The zero-order valence-corrected chi connectivity index (χ0v) is 12.7. The quantitative estimate of drug-likeness (QED) is 0.854. The Morgan fingerprint density at radius 3 is 2.91 bits per heavy atom. The lowest BCUT2D eigenvalue weighted by atomic mass is 10.2. The summed E-state index contributed by atoms with van der Waals surface area (Å²) < 4.78 is 10.1. The average Bonchev–Trinajstić information content (AvgIpc) is 2.77. The Morgan fingerprint density at radius 1 is 1.41 bits per heavy atom. The summed E-state index contributed by atoms with van der Waals surface area (Å²) in [6.07, 6.45) is -0.823. The second-order valence-corrected chi connectivity index (χ2v) is 6.50. The number of thioether (sulfide) groups is 1. The van der Waals surface area contributed by atoms with Crippen molar-refractivity contribution in [2.75, 3.05) is 5.32 Å². The van der Waals surface area contributed by atoms with Gasteiger partial charge in [0, 0.05) is 11.3 Å². The molecule has 2 heterocycles. The van der Waals surface area contributed by atoms with Crippen molar-refractivity contribution in [3.05, 3.63) is 24.3 Å². The van der Waals surface area contributed by atoms with Gasteiger partial charge < -0.3 is 14.8 Å². The van der Waals surface area contributed by atoms with Gasteiger partial charge in [-0.05, 0) is 19.1 Å². The molecule has 0 spiro atoms. The van der Waals surface area contributed by atoms with Crippen molar-refractivity contribution in [3.63, 3.8) is 0 Å². The molecule has 116 valence electrons. The van der Waals surface area contributed by atoms with E-state index < -0.39 is 23.3 Å². The van der Waals surface area contributed by atoms with Gasteiger partial charge in [-0.1, -0.05) is 12.1 Å². The van der Waals surface area contributed by atoms with E-state index in [4.69, 9.17) is 9.47 Å². The molecule has 1 N–H and O–H groups in total. The molecule has 0 bridgehead atoms. The van der Waals surface area contributed by atoms with Gasteiger partial charge in [0.15, 0.2) is 0 Å². The van der Waals surface area contributed by atoms with Crippen LogP contribution in [0.5, 0.6) is 0 Å². The van der Waals surface area contributed by atoms with Crippen LogP contribution in [0.3, 0.4) is 0 Å². The fraction of sp³-hybridized carbons (Fsp3) is 0.400. The number of amides is 1. The van der Waals surface area contributed by atoms with Crippen molar-refractivity contribution in [1.82, 2.24) is 0 Å². The van der Waals surface area contributed by atoms with E-state index in [9.17, 15) is 14.4 Å². The number of para-hydroxylation sites is 1. The van der Waals surface area contributed by atoms with Gasteiger partial charge in [0.25, 0.3) is 0 Å². The van der Waals surface area contributed by atoms with E-state index in [0.717, 1.165) is 10.6 Å². The average molecular weight is 321 g/mol. The van der Waals surface area contributed by atoms with Crippen LogP contribution in [-0.2, 0) is 23.9 Å². The maximum Gasteiger partial charge on any atom is 0.347 e. The monoisotopic (exact) mass is 321 g/mol. The van der Waals surface area contributed by atoms with E-state index in [2.05, 4.69) is 5.32 Å². The van der Waals surface area contributed by atoms with Crippen LogP contribution in [0.25, 0.3) is 0 Å². The van der Waals surface area contributed by atoms with Crippen LogP contribution in [0.4, 0.5) is 5.69 Å². The van der Waals surface area contributed by atoms with Gasteiger partial charge >= 0.3 is 11.9 Å². The zero-order valence-electron chi connectivity index (χ0n) is 11.9. The molecular weight excluding hydrogens is 306 g/mol. The number of carbonyl (C=O) groups excluding carboxylic acids is 3. The van der Waals surface area contributed by atoms with Crippen molar-refractivity contribution < 1.29 is 23.9 Å². The van der Waals surface area contributed by atoms with Crippen LogP contribution >= 0.6 is 11.8 Å². The molecule has 3 rings (SSSR count). The van der Waals surface area contributed by atoms with Gasteiger partial charge in [0.2, 0.25) is 12.0 Å². The molecule has 1 aromatic carbocycles. The number of fused-ring (bicyclic) bond motifs is 1. The molecule has 0 aliphatic carbocycles. The number of benzene rings is 1. The summed E-state index contributed by atoms with van der Waals surface area (Å²) in [5.74, 6) is -1.32. The Balaban J connectivity index is 1.60. The zero-order chi connectivity index (χ0) is 15.7. The van der Waals surface area contributed by atoms with Crippen molar-refractivity contribution in [2.45, 2.75) is 42.1 Å². The summed E-state index contributed by atoms with van der Waals surface area (Å²) in [7, 11) is 0. The maximum atomic E-state index is 12.0. The van der Waals surface area contributed by atoms with Gasteiger partial charge in [0.1, 0.15) is 6.10 Å². The molecule has 1 saturated heterocycles. The number of nitrogens with one attached hydrogen (secondary N) is 1. The topological polar surface area (TPSA) is 81.7 Å². The van der Waals surface area contributed by atoms with Gasteiger partial charge in [-0.2, -0.15) is 0 Å². The molecule has 2 aliphatic heterocycles. The first-order valence-electron chi connectivity index (χ1n) is 6.99. The Morgan fingerprint density at radius 2 is 2.18 bits per heavy atom. The Hall–Kier alpha value is -2.02. The molecule has 22 heavy (non-hydrogen) atoms. The summed E-state index contributed by atoms with van der Waals surface area (Å²) in [6, 6.07) is 7.40. The molecule has 3 atom stereocenters. The lowest BCUT2D eigenvalue weighted by Crippen LogP contribution is -2.33. The number of ether oxygens (including phenoxy) is 2. The number of anilines is 1. The van der Waals surface area contributed by atoms with E-state index in [1.54, 1.807) is 6.92 Å². The smallest absolute Gasteiger partial charge is 0.347 e. The number of hydrogen-bond acceptors (Lipinski definition) is 6. The minimum Gasteiger partial charge on any atom is -0.460 e. The van der Waals surface area contributed by atoms with Gasteiger partial charge in [-0.25, -0.2) is 4.79 Å². The summed E-state index contributed by atoms with van der Waals surface area (Å²) in [5.41, 5.74) is 0.746. The van der Waals surface area contributed by atoms with Gasteiger partial charge in [-0.3, -0.25) is 9.59 Å². The lowest BCUT2D eigenvalue weighted by Gasteiger charge is -2.23. The van der Waals surface area contributed by atoms with E-state index in [1.807, 2.05) is 24.3 Å². The second-order valence-electron chi connectivity index (χ2n) is 5.26. The molecule has 6 nitrogen and oxygen atoms in total. The summed E-state index contributed by atoms with van der Waals surface area (Å²) in [5, 5.41) is 2.21. The number of carbonyl (C=O) groups is 3. The Bertz CT molecular complexity index is 632. The second kappa shape index (κ2) is 6.00. The highest BCUT2D eigenvalue weighted by molar-refractivity contribution is 8.01. The number of rotatable bonds is 3. The molecule has 0 aromatic heterocycles. The molecule has 7 heteroatoms. The maximum absolute atomic E-state index is 12.0. The van der Waals surface area contributed by atoms with Crippen molar-refractivity contribution >= 4 is 35.3 Å². The largest absolute Gasteiger partial charge is 0.460 e. The van der Waals surface area contributed by atoms with Crippen LogP contribution in [0.2, 0.25) is 0 Å². The molecule has 1 aromatic rings. The lowest BCUT2D eigenvalue weighted by molar-refractivity contribution is -0.161. The third-order valence-corrected chi connectivity index (χ3v) is 4.73. The van der Waals surface area contributed by atoms with E-state index in [-0.39, 0.29) is 18.4 Å². The molecule has 0 saturated carbocycles. The van der Waals surface area contributed by atoms with Crippen molar-refractivity contribution in [3.8, 4) is 0 Å². The molecule has 0 unspecified atom stereocenters. The molecule has 0 radical (unpaired) electrons. The summed E-state index contributed by atoms with van der Waals surface area (Å²) in [4.78, 5) is 36.3. The summed E-state index contributed by atoms with van der Waals surface area (Å²) >= 11 is 1.32. The molecular formula is C15H15NO5S. The molecule has 1 fully saturated rings. The number of hydrogen-bond donors (Lipinski definition) is 1. The number of cyclic esters (lactones) is 1. The van der Waals surface area contributed by atoms with E-state index in [0.29, 0.717) is 6.42 Å². The molecule has 2 aliphatic rings. The van der Waals surface area contributed by atoms with E-state index >= 15 is 0 Å². The highest BCUT2D eigenvalue weighted by atomic mass is 32.2. The van der Waals surface area contributed by atoms with Crippen molar-refractivity contribution in [2.24, 2.45) is 0 Å². The summed E-state index contributed by atoms with van der Waals surface area (Å²) in [6.45, 7) is 1.74. The fourth-order valence-electron chi connectivity index (χ4n) is 2.40. The normalized spacial score (nSPS) is 26.9. The van der Waals surface area contributed by atoms with Crippen LogP contribution in [0.1, 0.15) is 19.8 Å². The highest BCUT2D eigenvalue weighted by Crippen LogP contribution is 2.36. The van der Waals surface area contributed by atoms with Crippen LogP contribution in [-0.4, -0.2) is 35.3 Å². The third kappa shape index (κ3) is 3.09. The first-order chi connectivity index (χ1) is 10.5. The molecule has 1 amide bonds. The first-order valence-corrected chi connectivity index (χ1v) is 7.87. The first kappa shape index (κ1) is 14.9. The third-order valence-electron chi connectivity index (χ3n) is 3.46. The standard InChI is InChI=1S/C15H15NO5S/c1-8-6-10(15(19)20-8)21-13(17)7-12-14(18)16-9-4-2-3-5-11(9)22-12/h2-5,8,10,12H,6-7H2,1H3,(H,16,18)/t8-,10-,12-/m1/s1. The van der Waals surface area contributed by atoms with Gasteiger partial charge in [-0.15, -0.1) is 11.8 Å². The predicted molar refractivity (Wildman–Crippen MR) is 79.4 cm³/mol. The minimum absolute atomic E-state index is 0.0804. The van der Waals surface area contributed by atoms with Crippen LogP contribution in [0.15, 0.2) is 29.2 Å². The SMILES string of the molecule is C[C@@H]1C[C@@H](OC(=O)C[C@H]2Sc3ccccc3NC2=O)C(=O)O1. The van der Waals surface area contributed by atoms with Crippen LogP contribution in [0, 0.1) is 0 Å². The number of esters is 2. The van der Waals surface area contributed by atoms with Crippen LogP contribution < -0.4 is 5.32 Å². The fourth-order valence-corrected chi connectivity index (χ4v) is 3.50. The Kier molecular flexibility index (Phi) is 4.06. The van der Waals surface area contributed by atoms with E-state index in [1.165, 1.54) is 11.8 Å². The Labute approximate surface area is 131 Å².